The lowest BCUT2D eigenvalue weighted by Crippen LogP contribution is -2.52. The standard InChI is InChI=1S/C26H31BrCl2N2O3/c1-4-23(26(33)30-19-7-5-6-8-19)31(14-18-9-10-21(28)22(29)13-18)24(32)15-34-20-11-16(2)25(27)17(3)12-20/h9-13,19,23H,4-8,14-15H2,1-3H3,(H,30,33)/t23-/m1/s1. The van der Waals surface area contributed by atoms with Crippen LogP contribution in [0.3, 0.4) is 0 Å². The SMILES string of the molecule is CC[C@H](C(=O)NC1CCCC1)N(Cc1ccc(Cl)c(Cl)c1)C(=O)COc1cc(C)c(Br)c(C)c1. The highest BCUT2D eigenvalue weighted by Crippen LogP contribution is 2.27. The van der Waals surface area contributed by atoms with Gasteiger partial charge in [0.1, 0.15) is 11.8 Å². The van der Waals surface area contributed by atoms with Crippen LogP contribution in [0.1, 0.15) is 55.7 Å². The second-order valence-electron chi connectivity index (χ2n) is 8.84. The molecular weight excluding hydrogens is 539 g/mol. The predicted molar refractivity (Wildman–Crippen MR) is 141 cm³/mol. The van der Waals surface area contributed by atoms with Crippen molar-refractivity contribution >= 4 is 50.9 Å². The molecule has 1 atom stereocenters. The minimum atomic E-state index is -0.612. The maximum atomic E-state index is 13.4. The summed E-state index contributed by atoms with van der Waals surface area (Å²) in [7, 11) is 0. The van der Waals surface area contributed by atoms with Gasteiger partial charge in [-0.1, -0.05) is 65.0 Å². The van der Waals surface area contributed by atoms with Crippen molar-refractivity contribution in [2.75, 3.05) is 6.61 Å². The van der Waals surface area contributed by atoms with Gasteiger partial charge in [-0.15, -0.1) is 0 Å². The van der Waals surface area contributed by atoms with Gasteiger partial charge in [-0.2, -0.15) is 0 Å². The maximum Gasteiger partial charge on any atom is 0.261 e. The van der Waals surface area contributed by atoms with E-state index < -0.39 is 6.04 Å². The van der Waals surface area contributed by atoms with Crippen molar-refractivity contribution in [2.45, 2.75) is 71.5 Å². The minimum absolute atomic E-state index is 0.127. The number of rotatable bonds is 9. The highest BCUT2D eigenvalue weighted by atomic mass is 79.9. The number of ether oxygens (including phenoxy) is 1. The average Bonchev–Trinajstić information content (AvgIpc) is 3.31. The fourth-order valence-corrected chi connectivity index (χ4v) is 4.89. The van der Waals surface area contributed by atoms with Crippen molar-refractivity contribution in [1.29, 1.82) is 0 Å². The van der Waals surface area contributed by atoms with E-state index in [0.717, 1.165) is 46.8 Å². The molecule has 1 aliphatic rings. The van der Waals surface area contributed by atoms with E-state index in [1.165, 1.54) is 0 Å². The Morgan fingerprint density at radius 1 is 1.12 bits per heavy atom. The van der Waals surface area contributed by atoms with Crippen LogP contribution in [-0.4, -0.2) is 35.4 Å². The maximum absolute atomic E-state index is 13.4. The summed E-state index contributed by atoms with van der Waals surface area (Å²) in [5.74, 6) is 0.223. The van der Waals surface area contributed by atoms with E-state index in [9.17, 15) is 9.59 Å². The van der Waals surface area contributed by atoms with Gasteiger partial charge in [0.2, 0.25) is 5.91 Å². The summed E-state index contributed by atoms with van der Waals surface area (Å²) in [6.07, 6.45) is 4.69. The number of aryl methyl sites for hydroxylation is 2. The quantitative estimate of drug-likeness (QED) is 0.369. The molecule has 0 heterocycles. The zero-order valence-corrected chi connectivity index (χ0v) is 22.9. The Labute approximate surface area is 220 Å². The first-order valence-corrected chi connectivity index (χ1v) is 13.2. The molecule has 0 unspecified atom stereocenters. The van der Waals surface area contributed by atoms with Gasteiger partial charge in [0.05, 0.1) is 10.0 Å². The van der Waals surface area contributed by atoms with Crippen molar-refractivity contribution in [1.82, 2.24) is 10.2 Å². The zero-order valence-electron chi connectivity index (χ0n) is 19.8. The molecule has 0 bridgehead atoms. The summed E-state index contributed by atoms with van der Waals surface area (Å²) >= 11 is 15.8. The van der Waals surface area contributed by atoms with Gasteiger partial charge in [0.25, 0.3) is 5.91 Å². The number of nitrogens with one attached hydrogen (secondary N) is 1. The van der Waals surface area contributed by atoms with Crippen molar-refractivity contribution in [3.8, 4) is 5.75 Å². The van der Waals surface area contributed by atoms with Crippen LogP contribution in [0.25, 0.3) is 0 Å². The molecule has 8 heteroatoms. The smallest absolute Gasteiger partial charge is 0.261 e. The molecule has 5 nitrogen and oxygen atoms in total. The molecule has 0 radical (unpaired) electrons. The molecule has 1 fully saturated rings. The number of nitrogens with zero attached hydrogens (tertiary/aromatic N) is 1. The summed E-state index contributed by atoms with van der Waals surface area (Å²) < 4.78 is 6.88. The largest absolute Gasteiger partial charge is 0.484 e. The summed E-state index contributed by atoms with van der Waals surface area (Å²) in [6.45, 7) is 5.92. The predicted octanol–water partition coefficient (Wildman–Crippen LogP) is 6.62. The lowest BCUT2D eigenvalue weighted by molar-refractivity contribution is -0.143. The van der Waals surface area contributed by atoms with Crippen molar-refractivity contribution < 1.29 is 14.3 Å². The number of carbonyl (C=O) groups excluding carboxylic acids is 2. The number of hydrogen-bond acceptors (Lipinski definition) is 3. The molecule has 3 rings (SSSR count). The Morgan fingerprint density at radius 3 is 2.35 bits per heavy atom. The number of hydrogen-bond donors (Lipinski definition) is 1. The van der Waals surface area contributed by atoms with E-state index in [4.69, 9.17) is 27.9 Å². The van der Waals surface area contributed by atoms with Crippen LogP contribution in [0, 0.1) is 13.8 Å². The molecule has 2 amide bonds. The highest BCUT2D eigenvalue weighted by molar-refractivity contribution is 9.10. The van der Waals surface area contributed by atoms with E-state index in [0.29, 0.717) is 22.2 Å². The number of amides is 2. The zero-order chi connectivity index (χ0) is 24.8. The van der Waals surface area contributed by atoms with E-state index in [1.54, 1.807) is 17.0 Å². The van der Waals surface area contributed by atoms with Crippen LogP contribution >= 0.6 is 39.1 Å². The highest BCUT2D eigenvalue weighted by Gasteiger charge is 2.31. The molecule has 0 aliphatic heterocycles. The third-order valence-electron chi connectivity index (χ3n) is 6.20. The molecule has 0 spiro atoms. The Morgan fingerprint density at radius 2 is 1.76 bits per heavy atom. The van der Waals surface area contributed by atoms with Gasteiger partial charge in [0.15, 0.2) is 6.61 Å². The first kappa shape index (κ1) is 26.8. The van der Waals surface area contributed by atoms with Gasteiger partial charge in [-0.05, 0) is 74.1 Å². The lowest BCUT2D eigenvalue weighted by atomic mass is 10.1. The van der Waals surface area contributed by atoms with Crippen molar-refractivity contribution in [3.63, 3.8) is 0 Å². The summed E-state index contributed by atoms with van der Waals surface area (Å²) in [6, 6.07) is 8.58. The molecule has 1 aliphatic carbocycles. The molecule has 1 saturated carbocycles. The van der Waals surface area contributed by atoms with Crippen LogP contribution in [0.2, 0.25) is 10.0 Å². The van der Waals surface area contributed by atoms with Crippen LogP contribution in [0.5, 0.6) is 5.75 Å². The van der Waals surface area contributed by atoms with Crippen LogP contribution in [-0.2, 0) is 16.1 Å². The second-order valence-corrected chi connectivity index (χ2v) is 10.5. The van der Waals surface area contributed by atoms with Crippen LogP contribution in [0.4, 0.5) is 0 Å². The van der Waals surface area contributed by atoms with E-state index >= 15 is 0 Å². The van der Waals surface area contributed by atoms with E-state index in [-0.39, 0.29) is 31.0 Å². The molecule has 0 aromatic heterocycles. The first-order valence-electron chi connectivity index (χ1n) is 11.6. The first-order chi connectivity index (χ1) is 16.2. The summed E-state index contributed by atoms with van der Waals surface area (Å²) in [5.41, 5.74) is 2.85. The van der Waals surface area contributed by atoms with Crippen molar-refractivity contribution in [2.24, 2.45) is 0 Å². The third kappa shape index (κ3) is 6.89. The average molecular weight is 570 g/mol. The van der Waals surface area contributed by atoms with Gasteiger partial charge < -0.3 is 15.0 Å². The monoisotopic (exact) mass is 568 g/mol. The topological polar surface area (TPSA) is 58.6 Å². The summed E-state index contributed by atoms with van der Waals surface area (Å²) in [4.78, 5) is 28.2. The van der Waals surface area contributed by atoms with Crippen LogP contribution < -0.4 is 10.1 Å². The van der Waals surface area contributed by atoms with E-state index in [1.807, 2.05) is 39.0 Å². The van der Waals surface area contributed by atoms with Crippen molar-refractivity contribution in [3.05, 3.63) is 61.5 Å². The third-order valence-corrected chi connectivity index (χ3v) is 8.19. The second kappa shape index (κ2) is 12.3. The Bertz CT molecular complexity index is 1020. The molecule has 2 aromatic carbocycles. The Balaban J connectivity index is 1.80. The number of halogens is 3. The molecule has 34 heavy (non-hydrogen) atoms. The molecule has 184 valence electrons. The Hall–Kier alpha value is -1.76. The summed E-state index contributed by atoms with van der Waals surface area (Å²) in [5, 5.41) is 3.99. The van der Waals surface area contributed by atoms with E-state index in [2.05, 4.69) is 21.2 Å². The number of carbonyl (C=O) groups is 2. The van der Waals surface area contributed by atoms with Gasteiger partial charge in [-0.25, -0.2) is 0 Å². The fraction of sp³-hybridized carbons (Fsp3) is 0.462. The van der Waals surface area contributed by atoms with Gasteiger partial charge in [-0.3, -0.25) is 9.59 Å². The molecule has 1 N–H and O–H groups in total. The fourth-order valence-electron chi connectivity index (χ4n) is 4.34. The van der Waals surface area contributed by atoms with Gasteiger partial charge in [0, 0.05) is 17.1 Å². The normalized spacial score (nSPS) is 14.6. The van der Waals surface area contributed by atoms with Gasteiger partial charge >= 0.3 is 0 Å². The molecular formula is C26H31BrCl2N2O3. The lowest BCUT2D eigenvalue weighted by Gasteiger charge is -2.31. The number of benzene rings is 2. The molecule has 0 saturated heterocycles. The Kier molecular flexibility index (Phi) is 9.69. The molecule has 2 aromatic rings. The van der Waals surface area contributed by atoms with Crippen LogP contribution in [0.15, 0.2) is 34.8 Å². The minimum Gasteiger partial charge on any atom is -0.484 e.